The Morgan fingerprint density at radius 2 is 1.21 bits per heavy atom. The van der Waals surface area contributed by atoms with Crippen molar-refractivity contribution < 1.29 is 0 Å². The highest BCUT2D eigenvalue weighted by molar-refractivity contribution is 9.10. The first-order valence-corrected chi connectivity index (χ1v) is 5.58. The van der Waals surface area contributed by atoms with E-state index in [1.54, 1.807) is 12.4 Å². The van der Waals surface area contributed by atoms with Crippen LogP contribution in [0.5, 0.6) is 0 Å². The van der Waals surface area contributed by atoms with Crippen LogP contribution in [0.15, 0.2) is 45.6 Å². The number of aromatic nitrogens is 2. The van der Waals surface area contributed by atoms with Gasteiger partial charge in [-0.1, -0.05) is 31.9 Å². The van der Waals surface area contributed by atoms with Gasteiger partial charge >= 0.3 is 0 Å². The summed E-state index contributed by atoms with van der Waals surface area (Å²) in [6.45, 7) is 0. The second-order valence-electron chi connectivity index (χ2n) is 2.72. The largest absolute Gasteiger partial charge is 0.255 e. The average molecular weight is 314 g/mol. The van der Waals surface area contributed by atoms with Gasteiger partial charge < -0.3 is 0 Å². The molecule has 0 saturated heterocycles. The molecule has 0 atom stereocenters. The lowest BCUT2D eigenvalue weighted by atomic mass is 10.2. The van der Waals surface area contributed by atoms with Gasteiger partial charge in [0.05, 0.1) is 11.4 Å². The van der Waals surface area contributed by atoms with Gasteiger partial charge in [-0.05, 0) is 24.3 Å². The summed E-state index contributed by atoms with van der Waals surface area (Å²) in [5.41, 5.74) is 1.72. The molecule has 14 heavy (non-hydrogen) atoms. The molecule has 70 valence electrons. The first-order chi connectivity index (χ1) is 6.75. The number of halogens is 2. The van der Waals surface area contributed by atoms with Crippen molar-refractivity contribution in [3.8, 4) is 11.4 Å². The van der Waals surface area contributed by atoms with Gasteiger partial charge in [0.15, 0.2) is 0 Å². The van der Waals surface area contributed by atoms with E-state index in [0.29, 0.717) is 0 Å². The molecular weight excluding hydrogens is 308 g/mol. The highest BCUT2D eigenvalue weighted by Crippen LogP contribution is 2.20. The Hall–Kier alpha value is -0.740. The maximum atomic E-state index is 4.24. The Morgan fingerprint density at radius 3 is 1.57 bits per heavy atom. The van der Waals surface area contributed by atoms with Gasteiger partial charge in [-0.25, -0.2) is 0 Å². The summed E-state index contributed by atoms with van der Waals surface area (Å²) < 4.78 is 2.01. The van der Waals surface area contributed by atoms with Crippen LogP contribution in [0.4, 0.5) is 0 Å². The van der Waals surface area contributed by atoms with Gasteiger partial charge in [-0.3, -0.25) is 9.97 Å². The topological polar surface area (TPSA) is 25.8 Å². The van der Waals surface area contributed by atoms with Crippen LogP contribution in [-0.2, 0) is 0 Å². The van der Waals surface area contributed by atoms with E-state index in [4.69, 9.17) is 0 Å². The second kappa shape index (κ2) is 4.19. The molecule has 2 heterocycles. The van der Waals surface area contributed by atoms with Crippen molar-refractivity contribution in [2.75, 3.05) is 0 Å². The Kier molecular flexibility index (Phi) is 2.93. The smallest absolute Gasteiger partial charge is 0.0897 e. The SMILES string of the molecule is Brc1ccnc(-c2cc(Br)ccn2)c1. The molecule has 2 aromatic heterocycles. The van der Waals surface area contributed by atoms with E-state index in [1.807, 2.05) is 24.3 Å². The van der Waals surface area contributed by atoms with Crippen LogP contribution in [-0.4, -0.2) is 9.97 Å². The Bertz CT molecular complexity index is 414. The zero-order valence-electron chi connectivity index (χ0n) is 7.11. The van der Waals surface area contributed by atoms with Crippen molar-refractivity contribution in [2.24, 2.45) is 0 Å². The highest BCUT2D eigenvalue weighted by atomic mass is 79.9. The van der Waals surface area contributed by atoms with Crippen molar-refractivity contribution in [1.29, 1.82) is 0 Å². The third-order valence-corrected chi connectivity index (χ3v) is 2.69. The van der Waals surface area contributed by atoms with Gasteiger partial charge in [0.2, 0.25) is 0 Å². The minimum Gasteiger partial charge on any atom is -0.255 e. The molecule has 0 spiro atoms. The van der Waals surface area contributed by atoms with Crippen molar-refractivity contribution in [2.45, 2.75) is 0 Å². The number of rotatable bonds is 1. The van der Waals surface area contributed by atoms with E-state index in [9.17, 15) is 0 Å². The molecule has 2 rings (SSSR count). The molecule has 0 aromatic carbocycles. The molecule has 0 aliphatic carbocycles. The van der Waals surface area contributed by atoms with E-state index in [1.165, 1.54) is 0 Å². The quantitative estimate of drug-likeness (QED) is 0.803. The van der Waals surface area contributed by atoms with Crippen molar-refractivity contribution >= 4 is 31.9 Å². The third-order valence-electron chi connectivity index (χ3n) is 1.71. The molecule has 2 nitrogen and oxygen atoms in total. The molecule has 0 aliphatic heterocycles. The molecule has 0 aliphatic rings. The van der Waals surface area contributed by atoms with Crippen molar-refractivity contribution in [3.63, 3.8) is 0 Å². The zero-order chi connectivity index (χ0) is 9.97. The molecular formula is C10H6Br2N2. The van der Waals surface area contributed by atoms with E-state index < -0.39 is 0 Å². The first-order valence-electron chi connectivity index (χ1n) is 3.99. The van der Waals surface area contributed by atoms with Crippen LogP contribution in [0.2, 0.25) is 0 Å². The minimum atomic E-state index is 0.862. The summed E-state index contributed by atoms with van der Waals surface area (Å²) in [4.78, 5) is 8.48. The van der Waals surface area contributed by atoms with E-state index >= 15 is 0 Å². The number of hydrogen-bond donors (Lipinski definition) is 0. The molecule has 0 N–H and O–H groups in total. The fraction of sp³-hybridized carbons (Fsp3) is 0. The maximum absolute atomic E-state index is 4.24. The normalized spacial score (nSPS) is 10.1. The molecule has 0 radical (unpaired) electrons. The zero-order valence-corrected chi connectivity index (χ0v) is 10.3. The predicted octanol–water partition coefficient (Wildman–Crippen LogP) is 3.67. The van der Waals surface area contributed by atoms with E-state index in [-0.39, 0.29) is 0 Å². The van der Waals surface area contributed by atoms with E-state index in [2.05, 4.69) is 41.8 Å². The number of pyridine rings is 2. The lowest BCUT2D eigenvalue weighted by Gasteiger charge is -2.00. The lowest BCUT2D eigenvalue weighted by Crippen LogP contribution is -1.86. The Labute approximate surface area is 98.7 Å². The molecule has 4 heteroatoms. The molecule has 2 aromatic rings. The molecule has 0 amide bonds. The monoisotopic (exact) mass is 312 g/mol. The molecule has 0 unspecified atom stereocenters. The fourth-order valence-corrected chi connectivity index (χ4v) is 1.76. The van der Waals surface area contributed by atoms with Gasteiger partial charge in [0.1, 0.15) is 0 Å². The maximum Gasteiger partial charge on any atom is 0.0897 e. The van der Waals surface area contributed by atoms with Crippen LogP contribution >= 0.6 is 31.9 Å². The summed E-state index contributed by atoms with van der Waals surface area (Å²) in [7, 11) is 0. The minimum absolute atomic E-state index is 0.862. The Balaban J connectivity index is 2.49. The molecule has 0 saturated carbocycles. The molecule has 0 fully saturated rings. The average Bonchev–Trinajstić information content (AvgIpc) is 2.18. The van der Waals surface area contributed by atoms with Crippen LogP contribution in [0.3, 0.4) is 0 Å². The van der Waals surface area contributed by atoms with Crippen LogP contribution in [0.25, 0.3) is 11.4 Å². The number of hydrogen-bond acceptors (Lipinski definition) is 2. The summed E-state index contributed by atoms with van der Waals surface area (Å²) in [5, 5.41) is 0. The fourth-order valence-electron chi connectivity index (χ4n) is 1.09. The summed E-state index contributed by atoms with van der Waals surface area (Å²) in [6.07, 6.45) is 3.50. The van der Waals surface area contributed by atoms with Crippen molar-refractivity contribution in [3.05, 3.63) is 45.6 Å². The molecule has 0 bridgehead atoms. The third kappa shape index (κ3) is 2.19. The lowest BCUT2D eigenvalue weighted by molar-refractivity contribution is 1.24. The van der Waals surface area contributed by atoms with E-state index in [0.717, 1.165) is 20.3 Å². The summed E-state index contributed by atoms with van der Waals surface area (Å²) in [5.74, 6) is 0. The summed E-state index contributed by atoms with van der Waals surface area (Å²) >= 11 is 6.80. The van der Waals surface area contributed by atoms with Gasteiger partial charge in [0.25, 0.3) is 0 Å². The van der Waals surface area contributed by atoms with Crippen LogP contribution in [0.1, 0.15) is 0 Å². The highest BCUT2D eigenvalue weighted by Gasteiger charge is 2.01. The van der Waals surface area contributed by atoms with Gasteiger partial charge in [-0.2, -0.15) is 0 Å². The van der Waals surface area contributed by atoms with Gasteiger partial charge in [-0.15, -0.1) is 0 Å². The summed E-state index contributed by atoms with van der Waals surface area (Å²) in [6, 6.07) is 7.66. The van der Waals surface area contributed by atoms with Crippen LogP contribution < -0.4 is 0 Å². The van der Waals surface area contributed by atoms with Crippen molar-refractivity contribution in [1.82, 2.24) is 9.97 Å². The standard InChI is InChI=1S/C10H6Br2N2/c11-7-1-3-13-9(5-7)10-6-8(12)2-4-14-10/h1-6H. The first kappa shape index (κ1) is 9.80. The van der Waals surface area contributed by atoms with Gasteiger partial charge in [0, 0.05) is 21.3 Å². The predicted molar refractivity (Wildman–Crippen MR) is 62.9 cm³/mol. The number of nitrogens with zero attached hydrogens (tertiary/aromatic N) is 2. The van der Waals surface area contributed by atoms with Crippen LogP contribution in [0, 0.1) is 0 Å². The second-order valence-corrected chi connectivity index (χ2v) is 4.55. The Morgan fingerprint density at radius 1 is 0.786 bits per heavy atom.